The third-order valence-electron chi connectivity index (χ3n) is 3.70. The maximum atomic E-state index is 12.4. The molecule has 24 heavy (non-hydrogen) atoms. The highest BCUT2D eigenvalue weighted by Gasteiger charge is 2.30. The lowest BCUT2D eigenvalue weighted by atomic mass is 10.2. The molecule has 0 bridgehead atoms. The van der Waals surface area contributed by atoms with Crippen molar-refractivity contribution in [3.8, 4) is 0 Å². The molecule has 7 nitrogen and oxygen atoms in total. The van der Waals surface area contributed by atoms with Crippen molar-refractivity contribution in [1.29, 1.82) is 0 Å². The average Bonchev–Trinajstić information content (AvgIpc) is 2.46. The van der Waals surface area contributed by atoms with Gasteiger partial charge in [0.25, 0.3) is 0 Å². The molecular formula is C16H25N3O4S. The molecular weight excluding hydrogens is 330 g/mol. The van der Waals surface area contributed by atoms with Crippen LogP contribution in [0.1, 0.15) is 19.4 Å². The number of ether oxygens (including phenoxy) is 1. The Morgan fingerprint density at radius 3 is 2.58 bits per heavy atom. The number of hydrogen-bond donors (Lipinski definition) is 2. The van der Waals surface area contributed by atoms with E-state index in [4.69, 9.17) is 4.74 Å². The third-order valence-corrected chi connectivity index (χ3v) is 5.51. The van der Waals surface area contributed by atoms with Gasteiger partial charge in [-0.15, -0.1) is 0 Å². The van der Waals surface area contributed by atoms with Crippen molar-refractivity contribution < 1.29 is 17.9 Å². The number of hydrogen-bond acceptors (Lipinski definition) is 4. The summed E-state index contributed by atoms with van der Waals surface area (Å²) in [7, 11) is -3.41. The van der Waals surface area contributed by atoms with Crippen molar-refractivity contribution in [2.75, 3.05) is 30.7 Å². The Morgan fingerprint density at radius 1 is 1.29 bits per heavy atom. The number of carbonyl (C=O) groups excluding carboxylic acids is 1. The molecule has 1 aliphatic heterocycles. The average molecular weight is 355 g/mol. The Bertz CT molecular complexity index is 668. The van der Waals surface area contributed by atoms with Crippen molar-refractivity contribution in [3.05, 3.63) is 29.8 Å². The van der Waals surface area contributed by atoms with Crippen molar-refractivity contribution in [3.63, 3.8) is 0 Å². The largest absolute Gasteiger partial charge is 0.373 e. The van der Waals surface area contributed by atoms with E-state index >= 15 is 0 Å². The smallest absolute Gasteiger partial charge is 0.319 e. The van der Waals surface area contributed by atoms with E-state index in [1.165, 1.54) is 4.31 Å². The first kappa shape index (κ1) is 18.7. The molecule has 0 aromatic heterocycles. The minimum atomic E-state index is -3.41. The number of carbonyl (C=O) groups is 1. The van der Waals surface area contributed by atoms with Crippen LogP contribution in [0.15, 0.2) is 24.3 Å². The normalized spacial score (nSPS) is 22.1. The molecule has 1 aliphatic rings. The number of urea groups is 1. The van der Waals surface area contributed by atoms with E-state index in [2.05, 4.69) is 10.6 Å². The van der Waals surface area contributed by atoms with Crippen LogP contribution in [0.3, 0.4) is 0 Å². The molecule has 0 aliphatic carbocycles. The lowest BCUT2D eigenvalue weighted by Gasteiger charge is -2.34. The first-order chi connectivity index (χ1) is 11.3. The molecule has 2 atom stereocenters. The second-order valence-electron chi connectivity index (χ2n) is 6.14. The molecule has 1 saturated heterocycles. The molecule has 2 rings (SSSR count). The van der Waals surface area contributed by atoms with Crippen LogP contribution in [0.2, 0.25) is 0 Å². The Kier molecular flexibility index (Phi) is 6.20. The molecule has 0 saturated carbocycles. The summed E-state index contributed by atoms with van der Waals surface area (Å²) in [5.41, 5.74) is 1.71. The lowest BCUT2D eigenvalue weighted by molar-refractivity contribution is -0.0440. The molecule has 1 fully saturated rings. The van der Waals surface area contributed by atoms with Gasteiger partial charge in [0.2, 0.25) is 10.0 Å². The van der Waals surface area contributed by atoms with Crippen LogP contribution >= 0.6 is 0 Å². The van der Waals surface area contributed by atoms with Crippen LogP contribution in [0, 0.1) is 6.92 Å². The Hall–Kier alpha value is -1.64. The highest BCUT2D eigenvalue weighted by molar-refractivity contribution is 7.89. The Labute approximate surface area is 143 Å². The molecule has 8 heteroatoms. The zero-order valence-corrected chi connectivity index (χ0v) is 15.1. The zero-order chi connectivity index (χ0) is 17.7. The van der Waals surface area contributed by atoms with E-state index in [0.29, 0.717) is 18.8 Å². The number of nitrogens with one attached hydrogen (secondary N) is 2. The summed E-state index contributed by atoms with van der Waals surface area (Å²) in [5, 5.41) is 5.27. The molecule has 0 radical (unpaired) electrons. The summed E-state index contributed by atoms with van der Waals surface area (Å²) >= 11 is 0. The van der Waals surface area contributed by atoms with Gasteiger partial charge in [0.15, 0.2) is 0 Å². The SMILES string of the molecule is Cc1cccc(NC(=O)NCCS(=O)(=O)N2CC(C)OC(C)C2)c1. The molecule has 1 aromatic rings. The minimum Gasteiger partial charge on any atom is -0.373 e. The van der Waals surface area contributed by atoms with Gasteiger partial charge in [-0.1, -0.05) is 12.1 Å². The predicted octanol–water partition coefficient (Wildman–Crippen LogP) is 1.56. The number of aryl methyl sites for hydroxylation is 1. The van der Waals surface area contributed by atoms with Crippen LogP contribution in [0.25, 0.3) is 0 Å². The van der Waals surface area contributed by atoms with Gasteiger partial charge in [-0.3, -0.25) is 0 Å². The first-order valence-electron chi connectivity index (χ1n) is 8.01. The Balaban J connectivity index is 1.81. The standard InChI is InChI=1S/C16H25N3O4S/c1-12-5-4-6-15(9-12)18-16(20)17-7-8-24(21,22)19-10-13(2)23-14(3)11-19/h4-6,9,13-14H,7-8,10-11H2,1-3H3,(H2,17,18,20). The summed E-state index contributed by atoms with van der Waals surface area (Å²) in [6, 6.07) is 6.97. The van der Waals surface area contributed by atoms with E-state index in [9.17, 15) is 13.2 Å². The van der Waals surface area contributed by atoms with Crippen LogP contribution in [0.5, 0.6) is 0 Å². The second-order valence-corrected chi connectivity index (χ2v) is 8.23. The van der Waals surface area contributed by atoms with Gasteiger partial charge in [0.1, 0.15) is 0 Å². The summed E-state index contributed by atoms with van der Waals surface area (Å²) < 4.78 is 31.7. The number of sulfonamides is 1. The number of morpholine rings is 1. The van der Waals surface area contributed by atoms with E-state index in [-0.39, 0.29) is 24.5 Å². The fourth-order valence-electron chi connectivity index (χ4n) is 2.68. The zero-order valence-electron chi connectivity index (χ0n) is 14.3. The second kappa shape index (κ2) is 7.96. The van der Waals surface area contributed by atoms with Crippen LogP contribution < -0.4 is 10.6 Å². The van der Waals surface area contributed by atoms with Gasteiger partial charge in [-0.25, -0.2) is 13.2 Å². The van der Waals surface area contributed by atoms with Crippen molar-refractivity contribution >= 4 is 21.7 Å². The molecule has 1 heterocycles. The molecule has 1 aromatic carbocycles. The van der Waals surface area contributed by atoms with E-state index in [1.54, 1.807) is 6.07 Å². The predicted molar refractivity (Wildman–Crippen MR) is 93.6 cm³/mol. The lowest BCUT2D eigenvalue weighted by Crippen LogP contribution is -2.49. The van der Waals surface area contributed by atoms with Crippen molar-refractivity contribution in [2.45, 2.75) is 33.0 Å². The molecule has 2 amide bonds. The van der Waals surface area contributed by atoms with Gasteiger partial charge in [0, 0.05) is 25.3 Å². The third kappa shape index (κ3) is 5.47. The van der Waals surface area contributed by atoms with Crippen molar-refractivity contribution in [2.24, 2.45) is 0 Å². The quantitative estimate of drug-likeness (QED) is 0.839. The number of nitrogens with zero attached hydrogens (tertiary/aromatic N) is 1. The fraction of sp³-hybridized carbons (Fsp3) is 0.562. The molecule has 134 valence electrons. The van der Waals surface area contributed by atoms with Gasteiger partial charge in [-0.05, 0) is 38.5 Å². The van der Waals surface area contributed by atoms with E-state index in [0.717, 1.165) is 5.56 Å². The highest BCUT2D eigenvalue weighted by atomic mass is 32.2. The van der Waals surface area contributed by atoms with E-state index in [1.807, 2.05) is 39.0 Å². The Morgan fingerprint density at radius 2 is 1.96 bits per heavy atom. The first-order valence-corrected chi connectivity index (χ1v) is 9.62. The number of amides is 2. The monoisotopic (exact) mass is 355 g/mol. The topological polar surface area (TPSA) is 87.7 Å². The molecule has 2 N–H and O–H groups in total. The highest BCUT2D eigenvalue weighted by Crippen LogP contribution is 2.14. The van der Waals surface area contributed by atoms with Gasteiger partial charge >= 0.3 is 6.03 Å². The molecule has 0 spiro atoms. The summed E-state index contributed by atoms with van der Waals surface area (Å²) in [4.78, 5) is 11.8. The summed E-state index contributed by atoms with van der Waals surface area (Å²) in [6.07, 6.45) is -0.248. The van der Waals surface area contributed by atoms with Crippen LogP contribution in [-0.4, -0.2) is 56.3 Å². The number of benzene rings is 1. The van der Waals surface area contributed by atoms with Crippen LogP contribution in [0.4, 0.5) is 10.5 Å². The van der Waals surface area contributed by atoms with E-state index < -0.39 is 16.1 Å². The summed E-state index contributed by atoms with van der Waals surface area (Å²) in [6.45, 7) is 6.39. The number of anilines is 1. The fourth-order valence-corrected chi connectivity index (χ4v) is 4.17. The van der Waals surface area contributed by atoms with Crippen molar-refractivity contribution in [1.82, 2.24) is 9.62 Å². The maximum absolute atomic E-state index is 12.4. The van der Waals surface area contributed by atoms with Gasteiger partial charge in [-0.2, -0.15) is 4.31 Å². The maximum Gasteiger partial charge on any atom is 0.319 e. The molecule has 2 unspecified atom stereocenters. The minimum absolute atomic E-state index is 0.0557. The van der Waals surface area contributed by atoms with Gasteiger partial charge < -0.3 is 15.4 Å². The van der Waals surface area contributed by atoms with Crippen LogP contribution in [-0.2, 0) is 14.8 Å². The number of rotatable bonds is 5. The van der Waals surface area contributed by atoms with Gasteiger partial charge in [0.05, 0.1) is 18.0 Å². The summed E-state index contributed by atoms with van der Waals surface area (Å²) in [5.74, 6) is -0.131.